The average Bonchev–Trinajstić information content (AvgIpc) is 2.16. The maximum absolute atomic E-state index is 4.23. The second kappa shape index (κ2) is 5.66. The minimum Gasteiger partial charge on any atom is -0.307 e. The van der Waals surface area contributed by atoms with E-state index in [0.717, 1.165) is 6.54 Å². The molecule has 1 aromatic rings. The molecule has 0 saturated carbocycles. The maximum atomic E-state index is 4.23. The van der Waals surface area contributed by atoms with Gasteiger partial charge < -0.3 is 5.32 Å². The lowest BCUT2D eigenvalue weighted by Gasteiger charge is -2.15. The van der Waals surface area contributed by atoms with Crippen molar-refractivity contribution in [1.82, 2.24) is 10.3 Å². The molecule has 0 aliphatic carbocycles. The molecule has 1 N–H and O–H groups in total. The fourth-order valence-electron chi connectivity index (χ4n) is 1.57. The summed E-state index contributed by atoms with van der Waals surface area (Å²) in [6.45, 7) is 9.39. The lowest BCUT2D eigenvalue weighted by Crippen LogP contribution is -2.19. The minimum atomic E-state index is 0.285. The Bertz CT molecular complexity index is 338. The Hall–Kier alpha value is -1.15. The number of hydrogen-bond donors (Lipinski definition) is 1. The second-order valence-corrected chi connectivity index (χ2v) is 4.07. The summed E-state index contributed by atoms with van der Waals surface area (Å²) in [4.78, 5) is 4.23. The highest BCUT2D eigenvalue weighted by Gasteiger charge is 2.06. The van der Waals surface area contributed by atoms with Crippen LogP contribution in [0.4, 0.5) is 0 Å². The fourth-order valence-corrected chi connectivity index (χ4v) is 1.57. The predicted molar refractivity (Wildman–Crippen MR) is 64.8 cm³/mol. The first kappa shape index (κ1) is 11.9. The molecule has 0 aliphatic rings. The molecule has 1 atom stereocenters. The predicted octanol–water partition coefficient (Wildman–Crippen LogP) is 3.01. The van der Waals surface area contributed by atoms with E-state index in [1.54, 1.807) is 0 Å². The van der Waals surface area contributed by atoms with Crippen molar-refractivity contribution in [1.29, 1.82) is 0 Å². The van der Waals surface area contributed by atoms with Crippen molar-refractivity contribution in [2.45, 2.75) is 33.7 Å². The van der Waals surface area contributed by atoms with Crippen molar-refractivity contribution in [2.24, 2.45) is 0 Å². The number of nitrogens with one attached hydrogen (secondary N) is 1. The number of pyridine rings is 1. The Morgan fingerprint density at radius 1 is 1.47 bits per heavy atom. The van der Waals surface area contributed by atoms with Crippen molar-refractivity contribution < 1.29 is 0 Å². The number of likely N-dealkylation sites (N-methyl/N-ethyl adjacent to an activating group) is 1. The molecule has 0 aliphatic heterocycles. The van der Waals surface area contributed by atoms with Crippen molar-refractivity contribution in [3.8, 4) is 0 Å². The summed E-state index contributed by atoms with van der Waals surface area (Å²) >= 11 is 0. The highest BCUT2D eigenvalue weighted by atomic mass is 14.9. The van der Waals surface area contributed by atoms with Crippen LogP contribution in [0, 0.1) is 6.92 Å². The maximum Gasteiger partial charge on any atom is 0.0524 e. The van der Waals surface area contributed by atoms with Gasteiger partial charge in [-0.1, -0.05) is 24.6 Å². The molecular weight excluding hydrogens is 184 g/mol. The van der Waals surface area contributed by atoms with Crippen molar-refractivity contribution >= 4 is 0 Å². The van der Waals surface area contributed by atoms with E-state index in [4.69, 9.17) is 0 Å². The Kier molecular flexibility index (Phi) is 4.50. The molecule has 0 radical (unpaired) electrons. The molecule has 2 heteroatoms. The molecular formula is C13H20N2. The highest BCUT2D eigenvalue weighted by Crippen LogP contribution is 2.16. The SMILES string of the molecule is CCNC(C=C(C)C)c1cncc(C)c1. The Labute approximate surface area is 92.4 Å². The van der Waals surface area contributed by atoms with Gasteiger partial charge in [0.1, 0.15) is 0 Å². The lowest BCUT2D eigenvalue weighted by atomic mass is 10.1. The van der Waals surface area contributed by atoms with Gasteiger partial charge in [0.05, 0.1) is 6.04 Å². The van der Waals surface area contributed by atoms with E-state index in [1.807, 2.05) is 12.4 Å². The number of rotatable bonds is 4. The van der Waals surface area contributed by atoms with Gasteiger partial charge in [-0.15, -0.1) is 0 Å². The van der Waals surface area contributed by atoms with Gasteiger partial charge in [-0.05, 0) is 38.4 Å². The number of aryl methyl sites for hydroxylation is 1. The summed E-state index contributed by atoms with van der Waals surface area (Å²) in [6, 6.07) is 2.46. The number of aromatic nitrogens is 1. The van der Waals surface area contributed by atoms with Gasteiger partial charge in [0.25, 0.3) is 0 Å². The van der Waals surface area contributed by atoms with Crippen LogP contribution in [0.25, 0.3) is 0 Å². The van der Waals surface area contributed by atoms with E-state index in [2.05, 4.69) is 50.1 Å². The Balaban J connectivity index is 2.93. The quantitative estimate of drug-likeness (QED) is 0.763. The average molecular weight is 204 g/mol. The third-order valence-electron chi connectivity index (χ3n) is 2.18. The molecule has 1 unspecified atom stereocenters. The van der Waals surface area contributed by atoms with E-state index >= 15 is 0 Å². The van der Waals surface area contributed by atoms with E-state index in [9.17, 15) is 0 Å². The van der Waals surface area contributed by atoms with E-state index in [0.29, 0.717) is 0 Å². The van der Waals surface area contributed by atoms with Crippen LogP contribution in [0.5, 0.6) is 0 Å². The molecule has 0 bridgehead atoms. The summed E-state index contributed by atoms with van der Waals surface area (Å²) < 4.78 is 0. The number of allylic oxidation sites excluding steroid dienone is 1. The third-order valence-corrected chi connectivity index (χ3v) is 2.18. The summed E-state index contributed by atoms with van der Waals surface area (Å²) in [5.41, 5.74) is 3.76. The second-order valence-electron chi connectivity index (χ2n) is 4.07. The van der Waals surface area contributed by atoms with E-state index in [1.165, 1.54) is 16.7 Å². The summed E-state index contributed by atoms with van der Waals surface area (Å²) in [7, 11) is 0. The molecule has 1 aromatic heterocycles. The molecule has 0 amide bonds. The molecule has 1 heterocycles. The molecule has 82 valence electrons. The van der Waals surface area contributed by atoms with Crippen LogP contribution in [-0.2, 0) is 0 Å². The zero-order valence-electron chi connectivity index (χ0n) is 10.0. The van der Waals surface area contributed by atoms with Gasteiger partial charge in [-0.3, -0.25) is 4.98 Å². The van der Waals surface area contributed by atoms with E-state index in [-0.39, 0.29) is 6.04 Å². The van der Waals surface area contributed by atoms with Gasteiger partial charge in [-0.2, -0.15) is 0 Å². The molecule has 0 spiro atoms. The van der Waals surface area contributed by atoms with Crippen LogP contribution in [0.3, 0.4) is 0 Å². The van der Waals surface area contributed by atoms with Crippen LogP contribution in [-0.4, -0.2) is 11.5 Å². The zero-order chi connectivity index (χ0) is 11.3. The van der Waals surface area contributed by atoms with E-state index < -0.39 is 0 Å². The van der Waals surface area contributed by atoms with Gasteiger partial charge in [-0.25, -0.2) is 0 Å². The first-order valence-electron chi connectivity index (χ1n) is 5.43. The molecule has 0 aromatic carbocycles. The highest BCUT2D eigenvalue weighted by molar-refractivity contribution is 5.24. The minimum absolute atomic E-state index is 0.285. The lowest BCUT2D eigenvalue weighted by molar-refractivity contribution is 0.642. The number of nitrogens with zero attached hydrogens (tertiary/aromatic N) is 1. The first-order valence-corrected chi connectivity index (χ1v) is 5.43. The zero-order valence-corrected chi connectivity index (χ0v) is 10.0. The molecule has 15 heavy (non-hydrogen) atoms. The first-order chi connectivity index (χ1) is 7.13. The van der Waals surface area contributed by atoms with Crippen LogP contribution >= 0.6 is 0 Å². The van der Waals surface area contributed by atoms with Gasteiger partial charge in [0.15, 0.2) is 0 Å². The fraction of sp³-hybridized carbons (Fsp3) is 0.462. The van der Waals surface area contributed by atoms with Crippen molar-refractivity contribution in [2.75, 3.05) is 6.54 Å². The molecule has 0 fully saturated rings. The Morgan fingerprint density at radius 2 is 2.20 bits per heavy atom. The monoisotopic (exact) mass is 204 g/mol. The van der Waals surface area contributed by atoms with Gasteiger partial charge >= 0.3 is 0 Å². The van der Waals surface area contributed by atoms with Gasteiger partial charge in [0, 0.05) is 12.4 Å². The largest absolute Gasteiger partial charge is 0.307 e. The summed E-state index contributed by atoms with van der Waals surface area (Å²) in [6.07, 6.45) is 6.05. The summed E-state index contributed by atoms with van der Waals surface area (Å²) in [5.74, 6) is 0. The third kappa shape index (κ3) is 3.84. The smallest absolute Gasteiger partial charge is 0.0524 e. The number of hydrogen-bond acceptors (Lipinski definition) is 2. The van der Waals surface area contributed by atoms with Crippen LogP contribution in [0.1, 0.15) is 37.9 Å². The van der Waals surface area contributed by atoms with Crippen LogP contribution in [0.2, 0.25) is 0 Å². The molecule has 2 nitrogen and oxygen atoms in total. The summed E-state index contributed by atoms with van der Waals surface area (Å²) in [5, 5.41) is 3.44. The molecule has 1 rings (SSSR count). The Morgan fingerprint density at radius 3 is 2.73 bits per heavy atom. The molecule has 0 saturated heterocycles. The normalized spacial score (nSPS) is 12.3. The van der Waals surface area contributed by atoms with Crippen LogP contribution in [0.15, 0.2) is 30.1 Å². The van der Waals surface area contributed by atoms with Crippen molar-refractivity contribution in [3.05, 3.63) is 41.2 Å². The van der Waals surface area contributed by atoms with Crippen LogP contribution < -0.4 is 5.32 Å². The standard InChI is InChI=1S/C13H20N2/c1-5-15-13(6-10(2)3)12-7-11(4)8-14-9-12/h6-9,13,15H,5H2,1-4H3. The van der Waals surface area contributed by atoms with Gasteiger partial charge in [0.2, 0.25) is 0 Å². The van der Waals surface area contributed by atoms with Crippen molar-refractivity contribution in [3.63, 3.8) is 0 Å². The topological polar surface area (TPSA) is 24.9 Å².